The number of nitrogen functional groups attached to an aromatic ring is 1. The zero-order valence-electron chi connectivity index (χ0n) is 12.6. The van der Waals surface area contributed by atoms with Crippen molar-refractivity contribution >= 4 is 28.5 Å². The molecular weight excluding hydrogens is 308 g/mol. The Morgan fingerprint density at radius 2 is 2.00 bits per heavy atom. The van der Waals surface area contributed by atoms with E-state index in [1.54, 1.807) is 18.7 Å². The summed E-state index contributed by atoms with van der Waals surface area (Å²) in [5.41, 5.74) is 11.6. The van der Waals surface area contributed by atoms with Crippen LogP contribution in [0.2, 0.25) is 0 Å². The van der Waals surface area contributed by atoms with Crippen LogP contribution in [-0.2, 0) is 0 Å². The third-order valence-electron chi connectivity index (χ3n) is 3.21. The molecule has 0 saturated heterocycles. The molecule has 3 rings (SSSR count). The lowest BCUT2D eigenvalue weighted by Crippen LogP contribution is -1.91. The maximum atomic E-state index is 5.55. The van der Waals surface area contributed by atoms with E-state index in [0.717, 1.165) is 22.4 Å². The number of hydrazone groups is 1. The van der Waals surface area contributed by atoms with Gasteiger partial charge in [-0.3, -0.25) is 5.43 Å². The fourth-order valence-electron chi connectivity index (χ4n) is 2.06. The second kappa shape index (κ2) is 6.93. The second-order valence-electron chi connectivity index (χ2n) is 4.80. The molecule has 1 aromatic heterocycles. The number of nitrogens with one attached hydrogen (secondary N) is 1. The molecule has 0 saturated carbocycles. The van der Waals surface area contributed by atoms with E-state index in [2.05, 4.69) is 33.7 Å². The topological polar surface area (TPSA) is 72.5 Å². The SMILES string of the molecule is COc1cccc(-c2ccc(C=NNc3nc(N)cs3)cc2)c1. The van der Waals surface area contributed by atoms with Crippen molar-refractivity contribution in [3.63, 3.8) is 0 Å². The van der Waals surface area contributed by atoms with Crippen molar-refractivity contribution < 1.29 is 4.74 Å². The van der Waals surface area contributed by atoms with Crippen molar-refractivity contribution in [3.05, 3.63) is 59.5 Å². The average molecular weight is 324 g/mol. The molecule has 0 amide bonds. The van der Waals surface area contributed by atoms with Crippen LogP contribution >= 0.6 is 11.3 Å². The van der Waals surface area contributed by atoms with Crippen LogP contribution in [0.1, 0.15) is 5.56 Å². The van der Waals surface area contributed by atoms with E-state index in [-0.39, 0.29) is 0 Å². The van der Waals surface area contributed by atoms with E-state index >= 15 is 0 Å². The van der Waals surface area contributed by atoms with Gasteiger partial charge in [-0.15, -0.1) is 11.3 Å². The summed E-state index contributed by atoms with van der Waals surface area (Å²) in [6, 6.07) is 16.1. The van der Waals surface area contributed by atoms with Crippen molar-refractivity contribution in [1.29, 1.82) is 0 Å². The molecule has 116 valence electrons. The van der Waals surface area contributed by atoms with Gasteiger partial charge >= 0.3 is 0 Å². The number of nitrogens with zero attached hydrogens (tertiary/aromatic N) is 2. The summed E-state index contributed by atoms with van der Waals surface area (Å²) < 4.78 is 5.25. The molecule has 3 N–H and O–H groups in total. The average Bonchev–Trinajstić information content (AvgIpc) is 3.01. The monoisotopic (exact) mass is 324 g/mol. The summed E-state index contributed by atoms with van der Waals surface area (Å²) in [5, 5.41) is 6.59. The molecule has 0 aliphatic rings. The molecule has 0 spiro atoms. The molecule has 1 heterocycles. The maximum Gasteiger partial charge on any atom is 0.205 e. The van der Waals surface area contributed by atoms with E-state index in [9.17, 15) is 0 Å². The van der Waals surface area contributed by atoms with E-state index < -0.39 is 0 Å². The molecule has 3 aromatic rings. The lowest BCUT2D eigenvalue weighted by atomic mass is 10.0. The Morgan fingerprint density at radius 1 is 1.17 bits per heavy atom. The molecule has 2 aromatic carbocycles. The lowest BCUT2D eigenvalue weighted by Gasteiger charge is -2.05. The number of aromatic nitrogens is 1. The van der Waals surface area contributed by atoms with Gasteiger partial charge in [0.25, 0.3) is 0 Å². The van der Waals surface area contributed by atoms with E-state index in [4.69, 9.17) is 10.5 Å². The molecule has 6 heteroatoms. The van der Waals surface area contributed by atoms with Gasteiger partial charge in [-0.2, -0.15) is 5.10 Å². The molecule has 0 fully saturated rings. The molecular formula is C17H16N4OS. The fraction of sp³-hybridized carbons (Fsp3) is 0.0588. The Labute approximate surface area is 138 Å². The number of rotatable bonds is 5. The molecule has 0 radical (unpaired) electrons. The minimum absolute atomic E-state index is 0.496. The first-order valence-electron chi connectivity index (χ1n) is 6.99. The molecule has 5 nitrogen and oxygen atoms in total. The van der Waals surface area contributed by atoms with Crippen LogP contribution in [0.5, 0.6) is 5.75 Å². The van der Waals surface area contributed by atoms with E-state index in [0.29, 0.717) is 10.9 Å². The molecule has 0 aliphatic carbocycles. The molecule has 0 atom stereocenters. The van der Waals surface area contributed by atoms with Crippen molar-refractivity contribution in [2.75, 3.05) is 18.3 Å². The normalized spacial score (nSPS) is 10.8. The van der Waals surface area contributed by atoms with Crippen molar-refractivity contribution in [2.24, 2.45) is 5.10 Å². The van der Waals surface area contributed by atoms with Crippen LogP contribution in [0, 0.1) is 0 Å². The van der Waals surface area contributed by atoms with Gasteiger partial charge in [-0.05, 0) is 28.8 Å². The smallest absolute Gasteiger partial charge is 0.205 e. The van der Waals surface area contributed by atoms with Crippen LogP contribution in [-0.4, -0.2) is 18.3 Å². The predicted octanol–water partition coefficient (Wildman–Crippen LogP) is 3.85. The number of methoxy groups -OCH3 is 1. The minimum Gasteiger partial charge on any atom is -0.497 e. The van der Waals surface area contributed by atoms with Gasteiger partial charge in [0.05, 0.1) is 13.3 Å². The van der Waals surface area contributed by atoms with E-state index in [1.807, 2.05) is 30.3 Å². The Hall–Kier alpha value is -2.86. The minimum atomic E-state index is 0.496. The van der Waals surface area contributed by atoms with Gasteiger partial charge in [-0.1, -0.05) is 36.4 Å². The molecule has 0 unspecified atom stereocenters. The quantitative estimate of drug-likeness (QED) is 0.552. The summed E-state index contributed by atoms with van der Waals surface area (Å²) in [5.74, 6) is 1.34. The third-order valence-corrected chi connectivity index (χ3v) is 3.97. The number of anilines is 2. The Kier molecular flexibility index (Phi) is 4.54. The Balaban J connectivity index is 1.69. The van der Waals surface area contributed by atoms with Gasteiger partial charge in [0, 0.05) is 5.38 Å². The summed E-state index contributed by atoms with van der Waals surface area (Å²) in [4.78, 5) is 4.07. The summed E-state index contributed by atoms with van der Waals surface area (Å²) >= 11 is 1.42. The van der Waals surface area contributed by atoms with Crippen LogP contribution < -0.4 is 15.9 Å². The second-order valence-corrected chi connectivity index (χ2v) is 5.66. The van der Waals surface area contributed by atoms with Gasteiger partial charge in [0.15, 0.2) is 0 Å². The zero-order chi connectivity index (χ0) is 16.1. The highest BCUT2D eigenvalue weighted by atomic mass is 32.1. The first kappa shape index (κ1) is 15.1. The molecule has 23 heavy (non-hydrogen) atoms. The van der Waals surface area contributed by atoms with Crippen molar-refractivity contribution in [3.8, 4) is 16.9 Å². The highest BCUT2D eigenvalue weighted by molar-refractivity contribution is 7.14. The van der Waals surface area contributed by atoms with Crippen LogP contribution in [0.4, 0.5) is 10.9 Å². The summed E-state index contributed by atoms with van der Waals surface area (Å²) in [7, 11) is 1.67. The number of nitrogens with two attached hydrogens (primary N) is 1. The highest BCUT2D eigenvalue weighted by Gasteiger charge is 2.00. The maximum absolute atomic E-state index is 5.55. The molecule has 0 aliphatic heterocycles. The van der Waals surface area contributed by atoms with Crippen LogP contribution in [0.3, 0.4) is 0 Å². The summed E-state index contributed by atoms with van der Waals surface area (Å²) in [6.07, 6.45) is 1.74. The Bertz CT molecular complexity index is 811. The number of benzene rings is 2. The number of ether oxygens (including phenoxy) is 1. The van der Waals surface area contributed by atoms with Crippen LogP contribution in [0.15, 0.2) is 59.0 Å². The molecule has 0 bridgehead atoms. The van der Waals surface area contributed by atoms with Crippen LogP contribution in [0.25, 0.3) is 11.1 Å². The first-order valence-corrected chi connectivity index (χ1v) is 7.87. The largest absolute Gasteiger partial charge is 0.497 e. The van der Waals surface area contributed by atoms with Gasteiger partial charge in [-0.25, -0.2) is 4.98 Å². The van der Waals surface area contributed by atoms with Gasteiger partial charge in [0.2, 0.25) is 5.13 Å². The van der Waals surface area contributed by atoms with E-state index in [1.165, 1.54) is 11.3 Å². The summed E-state index contributed by atoms with van der Waals surface area (Å²) in [6.45, 7) is 0. The Morgan fingerprint density at radius 3 is 2.70 bits per heavy atom. The first-order chi connectivity index (χ1) is 11.2. The highest BCUT2D eigenvalue weighted by Crippen LogP contribution is 2.23. The number of hydrogen-bond donors (Lipinski definition) is 2. The van der Waals surface area contributed by atoms with Gasteiger partial charge < -0.3 is 10.5 Å². The number of hydrogen-bond acceptors (Lipinski definition) is 6. The number of thiazole rings is 1. The van der Waals surface area contributed by atoms with Crippen molar-refractivity contribution in [1.82, 2.24) is 4.98 Å². The fourth-order valence-corrected chi connectivity index (χ4v) is 2.61. The standard InChI is InChI=1S/C17H16N4OS/c1-22-15-4-2-3-14(9-15)13-7-5-12(6-8-13)10-19-21-17-20-16(18)11-23-17/h2-11H,18H2,1H3,(H,20,21). The zero-order valence-corrected chi connectivity index (χ0v) is 13.4. The van der Waals surface area contributed by atoms with Crippen molar-refractivity contribution in [2.45, 2.75) is 0 Å². The predicted molar refractivity (Wildman–Crippen MR) is 96.2 cm³/mol. The van der Waals surface area contributed by atoms with Gasteiger partial charge in [0.1, 0.15) is 11.6 Å². The third kappa shape index (κ3) is 3.87. The lowest BCUT2D eigenvalue weighted by molar-refractivity contribution is 0.415.